The quantitative estimate of drug-likeness (QED) is 0.617. The van der Waals surface area contributed by atoms with Crippen LogP contribution in [0, 0.1) is 10.1 Å². The molecule has 110 valence electrons. The molecule has 0 fully saturated rings. The third kappa shape index (κ3) is 3.72. The summed E-state index contributed by atoms with van der Waals surface area (Å²) >= 11 is 9.26. The molecule has 0 amide bonds. The first-order valence-corrected chi connectivity index (χ1v) is 7.22. The zero-order valence-electron chi connectivity index (χ0n) is 11.0. The van der Waals surface area contributed by atoms with Crippen LogP contribution in [0.2, 0.25) is 5.02 Å². The molecule has 2 N–H and O–H groups in total. The number of benzene rings is 2. The highest BCUT2D eigenvalue weighted by atomic mass is 79.9. The summed E-state index contributed by atoms with van der Waals surface area (Å²) in [6.07, 6.45) is 0. The molecule has 0 saturated carbocycles. The van der Waals surface area contributed by atoms with Gasteiger partial charge in [0, 0.05) is 27.7 Å². The molecule has 2 aromatic carbocycles. The Morgan fingerprint density at radius 2 is 2.05 bits per heavy atom. The van der Waals surface area contributed by atoms with Crippen molar-refractivity contribution in [3.8, 4) is 11.5 Å². The SMILES string of the molecule is CC(N)c1ccc(Oc2cc(Cl)ccc2[N+](=O)[O-])cc1Br. The first-order valence-electron chi connectivity index (χ1n) is 6.05. The zero-order chi connectivity index (χ0) is 15.6. The molecule has 0 saturated heterocycles. The van der Waals surface area contributed by atoms with E-state index in [0.29, 0.717) is 10.8 Å². The minimum Gasteiger partial charge on any atom is -0.450 e. The Bertz CT molecular complexity index is 692. The van der Waals surface area contributed by atoms with Crippen molar-refractivity contribution in [1.82, 2.24) is 0 Å². The summed E-state index contributed by atoms with van der Waals surface area (Å²) in [5, 5.41) is 11.4. The number of halogens is 2. The predicted molar refractivity (Wildman–Crippen MR) is 84.9 cm³/mol. The van der Waals surface area contributed by atoms with E-state index in [4.69, 9.17) is 22.1 Å². The third-order valence-corrected chi connectivity index (χ3v) is 3.73. The maximum Gasteiger partial charge on any atom is 0.311 e. The van der Waals surface area contributed by atoms with Crippen molar-refractivity contribution in [2.45, 2.75) is 13.0 Å². The van der Waals surface area contributed by atoms with Gasteiger partial charge in [0.1, 0.15) is 5.75 Å². The molecule has 1 atom stereocenters. The molecular formula is C14H12BrClN2O3. The van der Waals surface area contributed by atoms with Gasteiger partial charge in [-0.05, 0) is 30.7 Å². The molecule has 0 bridgehead atoms. The molecule has 5 nitrogen and oxygen atoms in total. The predicted octanol–water partition coefficient (Wildman–Crippen LogP) is 4.82. The Kier molecular flexibility index (Phi) is 4.82. The molecule has 21 heavy (non-hydrogen) atoms. The van der Waals surface area contributed by atoms with Gasteiger partial charge in [-0.3, -0.25) is 10.1 Å². The number of rotatable bonds is 4. The maximum atomic E-state index is 11.0. The molecule has 2 rings (SSSR count). The van der Waals surface area contributed by atoms with Crippen molar-refractivity contribution in [1.29, 1.82) is 0 Å². The van der Waals surface area contributed by atoms with E-state index in [0.717, 1.165) is 10.0 Å². The molecule has 0 aliphatic rings. The average Bonchev–Trinajstić information content (AvgIpc) is 2.37. The van der Waals surface area contributed by atoms with Gasteiger partial charge < -0.3 is 10.5 Å². The van der Waals surface area contributed by atoms with E-state index in [1.807, 2.05) is 6.92 Å². The highest BCUT2D eigenvalue weighted by molar-refractivity contribution is 9.10. The lowest BCUT2D eigenvalue weighted by molar-refractivity contribution is -0.385. The Morgan fingerprint density at radius 1 is 1.33 bits per heavy atom. The summed E-state index contributed by atoms with van der Waals surface area (Å²) in [6.45, 7) is 1.86. The van der Waals surface area contributed by atoms with Crippen LogP contribution in [-0.4, -0.2) is 4.92 Å². The second kappa shape index (κ2) is 6.43. The van der Waals surface area contributed by atoms with E-state index in [2.05, 4.69) is 15.9 Å². The summed E-state index contributed by atoms with van der Waals surface area (Å²) in [6, 6.07) is 9.25. The van der Waals surface area contributed by atoms with Crippen LogP contribution in [0.1, 0.15) is 18.5 Å². The van der Waals surface area contributed by atoms with Gasteiger partial charge in [-0.2, -0.15) is 0 Å². The van der Waals surface area contributed by atoms with Crippen LogP contribution in [-0.2, 0) is 0 Å². The Labute approximate surface area is 134 Å². The fourth-order valence-electron chi connectivity index (χ4n) is 1.79. The van der Waals surface area contributed by atoms with Gasteiger partial charge in [0.2, 0.25) is 5.75 Å². The molecule has 0 spiro atoms. The smallest absolute Gasteiger partial charge is 0.311 e. The Hall–Kier alpha value is -1.63. The van der Waals surface area contributed by atoms with Crippen LogP contribution in [0.25, 0.3) is 0 Å². The van der Waals surface area contributed by atoms with Gasteiger partial charge in [0.15, 0.2) is 0 Å². The second-order valence-electron chi connectivity index (χ2n) is 4.44. The molecule has 7 heteroatoms. The lowest BCUT2D eigenvalue weighted by Crippen LogP contribution is -2.05. The molecule has 1 unspecified atom stereocenters. The summed E-state index contributed by atoms with van der Waals surface area (Å²) in [5.74, 6) is 0.546. The van der Waals surface area contributed by atoms with Crippen LogP contribution < -0.4 is 10.5 Å². The van der Waals surface area contributed by atoms with E-state index in [9.17, 15) is 10.1 Å². The van der Waals surface area contributed by atoms with Gasteiger partial charge in [0.25, 0.3) is 0 Å². The van der Waals surface area contributed by atoms with Crippen LogP contribution >= 0.6 is 27.5 Å². The standard InChI is InChI=1S/C14H12BrClN2O3/c1-8(17)11-4-3-10(7-12(11)15)21-14-6-9(16)2-5-13(14)18(19)20/h2-8H,17H2,1H3. The van der Waals surface area contributed by atoms with Crippen LogP contribution in [0.3, 0.4) is 0 Å². The summed E-state index contributed by atoms with van der Waals surface area (Å²) in [7, 11) is 0. The Morgan fingerprint density at radius 3 is 2.62 bits per heavy atom. The number of ether oxygens (including phenoxy) is 1. The van der Waals surface area contributed by atoms with E-state index in [-0.39, 0.29) is 17.5 Å². The fourth-order valence-corrected chi connectivity index (χ4v) is 2.67. The highest BCUT2D eigenvalue weighted by Gasteiger charge is 2.17. The lowest BCUT2D eigenvalue weighted by atomic mass is 10.1. The zero-order valence-corrected chi connectivity index (χ0v) is 13.4. The monoisotopic (exact) mass is 370 g/mol. The minimum atomic E-state index is -0.517. The number of hydrogen-bond donors (Lipinski definition) is 1. The van der Waals surface area contributed by atoms with E-state index < -0.39 is 4.92 Å². The van der Waals surface area contributed by atoms with Crippen molar-refractivity contribution in [2.24, 2.45) is 5.73 Å². The summed E-state index contributed by atoms with van der Waals surface area (Å²) in [5.41, 5.74) is 6.60. The molecule has 0 aliphatic heterocycles. The number of hydrogen-bond acceptors (Lipinski definition) is 4. The number of nitrogens with two attached hydrogens (primary N) is 1. The number of nitro groups is 1. The maximum absolute atomic E-state index is 11.0. The van der Waals surface area contributed by atoms with Crippen molar-refractivity contribution in [3.63, 3.8) is 0 Å². The normalized spacial score (nSPS) is 12.0. The average molecular weight is 372 g/mol. The second-order valence-corrected chi connectivity index (χ2v) is 5.73. The van der Waals surface area contributed by atoms with E-state index in [1.54, 1.807) is 18.2 Å². The Balaban J connectivity index is 2.36. The summed E-state index contributed by atoms with van der Waals surface area (Å²) < 4.78 is 6.35. The van der Waals surface area contributed by atoms with Gasteiger partial charge in [0.05, 0.1) is 4.92 Å². The first kappa shape index (κ1) is 15.8. The lowest BCUT2D eigenvalue weighted by Gasteiger charge is -2.11. The molecule has 0 radical (unpaired) electrons. The molecule has 0 heterocycles. The number of nitro benzene ring substituents is 1. The first-order chi connectivity index (χ1) is 9.88. The van der Waals surface area contributed by atoms with Gasteiger partial charge in [-0.15, -0.1) is 0 Å². The third-order valence-electron chi connectivity index (χ3n) is 2.81. The topological polar surface area (TPSA) is 78.4 Å². The largest absolute Gasteiger partial charge is 0.450 e. The van der Waals surface area contributed by atoms with E-state index >= 15 is 0 Å². The summed E-state index contributed by atoms with van der Waals surface area (Å²) in [4.78, 5) is 10.5. The van der Waals surface area contributed by atoms with Crippen LogP contribution in [0.5, 0.6) is 11.5 Å². The molecule has 2 aromatic rings. The fraction of sp³-hybridized carbons (Fsp3) is 0.143. The molecule has 0 aromatic heterocycles. The van der Waals surface area contributed by atoms with Crippen LogP contribution in [0.15, 0.2) is 40.9 Å². The van der Waals surface area contributed by atoms with Gasteiger partial charge in [-0.25, -0.2) is 0 Å². The van der Waals surface area contributed by atoms with Crippen LogP contribution in [0.4, 0.5) is 5.69 Å². The minimum absolute atomic E-state index is 0.0907. The van der Waals surface area contributed by atoms with E-state index in [1.165, 1.54) is 18.2 Å². The van der Waals surface area contributed by atoms with Crippen molar-refractivity contribution in [2.75, 3.05) is 0 Å². The van der Waals surface area contributed by atoms with Crippen molar-refractivity contribution >= 4 is 33.2 Å². The molecular weight excluding hydrogens is 360 g/mol. The van der Waals surface area contributed by atoms with Gasteiger partial charge >= 0.3 is 5.69 Å². The van der Waals surface area contributed by atoms with Crippen molar-refractivity contribution < 1.29 is 9.66 Å². The number of nitrogens with zero attached hydrogens (tertiary/aromatic N) is 1. The van der Waals surface area contributed by atoms with Gasteiger partial charge in [-0.1, -0.05) is 33.6 Å². The van der Waals surface area contributed by atoms with Crippen molar-refractivity contribution in [3.05, 3.63) is 61.6 Å². The molecule has 0 aliphatic carbocycles. The highest BCUT2D eigenvalue weighted by Crippen LogP contribution is 2.35.